The van der Waals surface area contributed by atoms with Crippen LogP contribution in [0.1, 0.15) is 67.2 Å². The summed E-state index contributed by atoms with van der Waals surface area (Å²) in [6.45, 7) is 13.3. The van der Waals surface area contributed by atoms with Crippen molar-refractivity contribution in [3.05, 3.63) is 61.4 Å². The quantitative estimate of drug-likeness (QED) is 0.317. The number of hydrogen-bond donors (Lipinski definition) is 0. The number of halogens is 2. The van der Waals surface area contributed by atoms with E-state index in [0.717, 1.165) is 25.7 Å². The Bertz CT molecular complexity index is 419. The van der Waals surface area contributed by atoms with Crippen LogP contribution in [0.3, 0.4) is 0 Å². The Morgan fingerprint density at radius 3 is 1.19 bits per heavy atom. The van der Waals surface area contributed by atoms with Gasteiger partial charge in [0.05, 0.1) is 0 Å². The van der Waals surface area contributed by atoms with Gasteiger partial charge in [0.15, 0.2) is 0 Å². The van der Waals surface area contributed by atoms with Crippen LogP contribution in [0.15, 0.2) is 34.4 Å². The van der Waals surface area contributed by atoms with E-state index in [0.29, 0.717) is 11.8 Å². The molecule has 0 heterocycles. The first-order valence-corrected chi connectivity index (χ1v) is 12.5. The molecule has 0 aromatic carbocycles. The molecule has 26 heavy (non-hydrogen) atoms. The van der Waals surface area contributed by atoms with Gasteiger partial charge in [0.1, 0.15) is 0 Å². The molecule has 0 aromatic rings. The van der Waals surface area contributed by atoms with Crippen LogP contribution in [0.2, 0.25) is 0 Å². The van der Waals surface area contributed by atoms with Crippen LogP contribution in [0.5, 0.6) is 0 Å². The molecule has 0 unspecified atom stereocenters. The van der Waals surface area contributed by atoms with Gasteiger partial charge in [-0.2, -0.15) is 11.1 Å². The van der Waals surface area contributed by atoms with Crippen molar-refractivity contribution >= 4 is 32.4 Å². The SMILES string of the molecule is CCC1=[C-]CC(C(C)C)=C1.CCC1=[C-]CC(C(C)C)=C1.Cl.Cl.[CH3-].[CH3-].[SiH2]=[Ti]. The first-order chi connectivity index (χ1) is 10.5. The minimum absolute atomic E-state index is 0. The first kappa shape index (κ1) is 37.3. The molecule has 0 saturated carbocycles. The maximum absolute atomic E-state index is 3.36. The van der Waals surface area contributed by atoms with Crippen LogP contribution in [0.25, 0.3) is 0 Å². The summed E-state index contributed by atoms with van der Waals surface area (Å²) >= 11 is 2.03. The van der Waals surface area contributed by atoms with Gasteiger partial charge >= 0.3 is 26.8 Å². The topological polar surface area (TPSA) is 0 Å². The molecule has 0 aliphatic heterocycles. The summed E-state index contributed by atoms with van der Waals surface area (Å²) in [6, 6.07) is 0. The Morgan fingerprint density at radius 1 is 0.808 bits per heavy atom. The zero-order chi connectivity index (χ0) is 17.1. The van der Waals surface area contributed by atoms with Gasteiger partial charge in [-0.25, -0.2) is 23.3 Å². The van der Waals surface area contributed by atoms with Gasteiger partial charge in [0.2, 0.25) is 0 Å². The third-order valence-electron chi connectivity index (χ3n) is 4.00. The van der Waals surface area contributed by atoms with Crippen molar-refractivity contribution in [1.29, 1.82) is 0 Å². The second kappa shape index (κ2) is 21.8. The molecule has 0 saturated heterocycles. The van der Waals surface area contributed by atoms with E-state index in [4.69, 9.17) is 0 Å². The molecule has 0 radical (unpaired) electrons. The molecule has 2 aliphatic rings. The second-order valence-electron chi connectivity index (χ2n) is 6.21. The average molecular weight is 451 g/mol. The van der Waals surface area contributed by atoms with Gasteiger partial charge in [-0.15, -0.1) is 37.7 Å². The van der Waals surface area contributed by atoms with E-state index < -0.39 is 0 Å². The van der Waals surface area contributed by atoms with Crippen molar-refractivity contribution in [2.24, 2.45) is 11.8 Å². The van der Waals surface area contributed by atoms with Gasteiger partial charge in [-0.3, -0.25) is 12.2 Å². The van der Waals surface area contributed by atoms with E-state index in [-0.39, 0.29) is 39.7 Å². The van der Waals surface area contributed by atoms with E-state index in [1.54, 1.807) is 0 Å². The number of allylic oxidation sites excluding steroid dienone is 8. The molecule has 0 amide bonds. The van der Waals surface area contributed by atoms with Crippen LogP contribution >= 0.6 is 24.8 Å². The Kier molecular flexibility index (Phi) is 31.2. The Hall–Kier alpha value is 0.471. The molecule has 0 atom stereocenters. The van der Waals surface area contributed by atoms with E-state index >= 15 is 0 Å². The van der Waals surface area contributed by atoms with E-state index in [2.05, 4.69) is 65.8 Å². The fourth-order valence-electron chi connectivity index (χ4n) is 2.28. The molecule has 2 rings (SSSR count). The Morgan fingerprint density at radius 2 is 1.08 bits per heavy atom. The molecular weight excluding hydrogens is 411 g/mol. The minimum atomic E-state index is 0. The summed E-state index contributed by atoms with van der Waals surface area (Å²) in [5.74, 6) is 1.41. The third kappa shape index (κ3) is 14.5. The molecule has 0 fully saturated rings. The third-order valence-corrected chi connectivity index (χ3v) is 4.00. The molecule has 2 aliphatic carbocycles. The summed E-state index contributed by atoms with van der Waals surface area (Å²) in [6.07, 6.45) is 15.7. The number of hydrogen-bond acceptors (Lipinski definition) is 0. The molecule has 154 valence electrons. The van der Waals surface area contributed by atoms with Gasteiger partial charge < -0.3 is 14.9 Å². The zero-order valence-electron chi connectivity index (χ0n) is 18.2. The van der Waals surface area contributed by atoms with Crippen LogP contribution in [0, 0.1) is 38.8 Å². The van der Waals surface area contributed by atoms with Gasteiger partial charge in [0.25, 0.3) is 0 Å². The molecule has 4 heteroatoms. The van der Waals surface area contributed by atoms with Crippen molar-refractivity contribution in [3.63, 3.8) is 0 Å². The zero-order valence-corrected chi connectivity index (χ0v) is 22.8. The molecular formula is C22H40Cl2SiTi-4. The Balaban J connectivity index is -0.0000000904. The maximum atomic E-state index is 3.36. The average Bonchev–Trinajstić information content (AvgIpc) is 3.19. The van der Waals surface area contributed by atoms with Crippen LogP contribution < -0.4 is 0 Å². The van der Waals surface area contributed by atoms with E-state index in [1.165, 1.54) is 22.3 Å². The summed E-state index contributed by atoms with van der Waals surface area (Å²) in [4.78, 5) is 0. The summed E-state index contributed by atoms with van der Waals surface area (Å²) in [5, 5.41) is 0. The van der Waals surface area contributed by atoms with Crippen molar-refractivity contribution in [2.45, 2.75) is 67.2 Å². The van der Waals surface area contributed by atoms with Gasteiger partial charge in [0, 0.05) is 0 Å². The predicted octanol–water partition coefficient (Wildman–Crippen LogP) is 7.05. The summed E-state index contributed by atoms with van der Waals surface area (Å²) in [7, 11) is 1.86. The summed E-state index contributed by atoms with van der Waals surface area (Å²) in [5.41, 5.74) is 5.86. The fourth-order valence-corrected chi connectivity index (χ4v) is 2.28. The van der Waals surface area contributed by atoms with Gasteiger partial charge in [-0.05, 0) is 11.8 Å². The van der Waals surface area contributed by atoms with Crippen molar-refractivity contribution in [1.82, 2.24) is 0 Å². The molecule has 0 spiro atoms. The molecule has 0 N–H and O–H groups in total. The molecule has 0 bridgehead atoms. The monoisotopic (exact) mass is 450 g/mol. The van der Waals surface area contributed by atoms with E-state index in [9.17, 15) is 0 Å². The Labute approximate surface area is 191 Å². The normalized spacial score (nSPS) is 13.7. The van der Waals surface area contributed by atoms with Crippen molar-refractivity contribution in [3.8, 4) is 0 Å². The van der Waals surface area contributed by atoms with E-state index in [1.807, 2.05) is 26.8 Å². The fraction of sp³-hybridized carbons (Fsp3) is 0.545. The summed E-state index contributed by atoms with van der Waals surface area (Å²) < 4.78 is 0. The van der Waals surface area contributed by atoms with Crippen LogP contribution in [-0.2, 0) is 19.2 Å². The van der Waals surface area contributed by atoms with Crippen molar-refractivity contribution in [2.75, 3.05) is 0 Å². The second-order valence-corrected chi connectivity index (χ2v) is 6.21. The molecule has 0 nitrogen and oxygen atoms in total. The number of rotatable bonds is 4. The van der Waals surface area contributed by atoms with Crippen LogP contribution in [0.4, 0.5) is 0 Å². The standard InChI is InChI=1S/2C10H15.2CH3.2ClH.H2Si.Ti/c2*1-4-9-5-6-10(7-9)8(2)3;;;;;;/h2*7-8H,4,6H2,1-3H3;2*1H3;2*1H;1H2;/q4*-1;;;;. The van der Waals surface area contributed by atoms with Crippen molar-refractivity contribution < 1.29 is 19.2 Å². The molecule has 0 aromatic heterocycles. The van der Waals surface area contributed by atoms with Crippen LogP contribution in [-0.4, -0.2) is 7.63 Å². The predicted molar refractivity (Wildman–Crippen MR) is 125 cm³/mol. The van der Waals surface area contributed by atoms with Gasteiger partial charge in [-0.1, -0.05) is 54.4 Å². The first-order valence-electron chi connectivity index (χ1n) is 8.43.